The number of methoxy groups -OCH3 is 1. The SMILES string of the molecule is CC[C@](Cl)(c1cccc(OC)c1)C(C)CN(C)C. The third kappa shape index (κ3) is 3.39. The van der Waals surface area contributed by atoms with E-state index in [1.54, 1.807) is 7.11 Å². The van der Waals surface area contributed by atoms with Gasteiger partial charge in [0.05, 0.1) is 12.0 Å². The summed E-state index contributed by atoms with van der Waals surface area (Å²) in [5.74, 6) is 1.23. The van der Waals surface area contributed by atoms with E-state index in [1.807, 2.05) is 18.2 Å². The fraction of sp³-hybridized carbons (Fsp3) is 0.600. The topological polar surface area (TPSA) is 12.5 Å². The molecule has 0 saturated carbocycles. The van der Waals surface area contributed by atoms with Gasteiger partial charge in [0.25, 0.3) is 0 Å². The summed E-state index contributed by atoms with van der Waals surface area (Å²) in [6.45, 7) is 5.31. The van der Waals surface area contributed by atoms with Crippen molar-refractivity contribution in [2.45, 2.75) is 25.1 Å². The van der Waals surface area contributed by atoms with E-state index in [-0.39, 0.29) is 4.87 Å². The summed E-state index contributed by atoms with van der Waals surface area (Å²) in [7, 11) is 5.84. The lowest BCUT2D eigenvalue weighted by Crippen LogP contribution is -2.34. The minimum atomic E-state index is -0.335. The normalized spacial score (nSPS) is 16.4. The third-order valence-electron chi connectivity index (χ3n) is 3.48. The van der Waals surface area contributed by atoms with Crippen LogP contribution in [0, 0.1) is 5.92 Å². The van der Waals surface area contributed by atoms with E-state index in [4.69, 9.17) is 16.3 Å². The monoisotopic (exact) mass is 269 g/mol. The number of alkyl halides is 1. The summed E-state index contributed by atoms with van der Waals surface area (Å²) >= 11 is 6.89. The van der Waals surface area contributed by atoms with Gasteiger partial charge in [-0.05, 0) is 44.1 Å². The number of hydrogen-bond acceptors (Lipinski definition) is 2. The van der Waals surface area contributed by atoms with E-state index in [9.17, 15) is 0 Å². The average molecular weight is 270 g/mol. The molecule has 2 nitrogen and oxygen atoms in total. The van der Waals surface area contributed by atoms with Crippen molar-refractivity contribution in [3.8, 4) is 5.75 Å². The van der Waals surface area contributed by atoms with Crippen LogP contribution in [0.2, 0.25) is 0 Å². The third-order valence-corrected chi connectivity index (χ3v) is 4.34. The van der Waals surface area contributed by atoms with Gasteiger partial charge in [0, 0.05) is 6.54 Å². The molecule has 1 aromatic rings. The lowest BCUT2D eigenvalue weighted by Gasteiger charge is -2.34. The molecule has 0 heterocycles. The van der Waals surface area contributed by atoms with Crippen molar-refractivity contribution < 1.29 is 4.74 Å². The van der Waals surface area contributed by atoms with Gasteiger partial charge in [-0.15, -0.1) is 11.6 Å². The van der Waals surface area contributed by atoms with Crippen molar-refractivity contribution in [1.82, 2.24) is 4.90 Å². The highest BCUT2D eigenvalue weighted by atomic mass is 35.5. The average Bonchev–Trinajstić information content (AvgIpc) is 2.37. The van der Waals surface area contributed by atoms with Crippen molar-refractivity contribution >= 4 is 11.6 Å². The molecule has 1 aromatic carbocycles. The van der Waals surface area contributed by atoms with Crippen LogP contribution in [0.4, 0.5) is 0 Å². The first-order valence-electron chi connectivity index (χ1n) is 6.42. The fourth-order valence-corrected chi connectivity index (χ4v) is 2.60. The molecule has 0 aliphatic carbocycles. The van der Waals surface area contributed by atoms with Gasteiger partial charge in [-0.3, -0.25) is 0 Å². The van der Waals surface area contributed by atoms with Crippen molar-refractivity contribution in [2.75, 3.05) is 27.7 Å². The van der Waals surface area contributed by atoms with Crippen LogP contribution in [0.5, 0.6) is 5.75 Å². The van der Waals surface area contributed by atoms with E-state index >= 15 is 0 Å². The quantitative estimate of drug-likeness (QED) is 0.730. The zero-order chi connectivity index (χ0) is 13.8. The Morgan fingerprint density at radius 1 is 1.39 bits per heavy atom. The molecule has 0 N–H and O–H groups in total. The van der Waals surface area contributed by atoms with Crippen molar-refractivity contribution in [1.29, 1.82) is 0 Å². The first kappa shape index (κ1) is 15.3. The van der Waals surface area contributed by atoms with Crippen LogP contribution in [-0.4, -0.2) is 32.6 Å². The van der Waals surface area contributed by atoms with Crippen LogP contribution < -0.4 is 4.74 Å². The van der Waals surface area contributed by atoms with Gasteiger partial charge in [-0.25, -0.2) is 0 Å². The molecule has 102 valence electrons. The maximum atomic E-state index is 6.89. The molecular weight excluding hydrogens is 246 g/mol. The van der Waals surface area contributed by atoms with Crippen molar-refractivity contribution in [3.05, 3.63) is 29.8 Å². The Balaban J connectivity index is 3.05. The molecule has 1 unspecified atom stereocenters. The predicted octanol–water partition coefficient (Wildman–Crippen LogP) is 3.74. The number of rotatable bonds is 6. The number of halogens is 1. The molecule has 0 radical (unpaired) electrons. The highest BCUT2D eigenvalue weighted by Crippen LogP contribution is 2.41. The second-order valence-electron chi connectivity index (χ2n) is 5.11. The zero-order valence-electron chi connectivity index (χ0n) is 12.0. The minimum Gasteiger partial charge on any atom is -0.497 e. The van der Waals surface area contributed by atoms with Gasteiger partial charge in [0.15, 0.2) is 0 Å². The van der Waals surface area contributed by atoms with E-state index in [2.05, 4.69) is 38.9 Å². The Bertz CT molecular complexity index is 381. The fourth-order valence-electron chi connectivity index (χ4n) is 2.41. The maximum Gasteiger partial charge on any atom is 0.119 e. The molecular formula is C15H24ClNO. The molecule has 0 amide bonds. The molecule has 18 heavy (non-hydrogen) atoms. The smallest absolute Gasteiger partial charge is 0.119 e. The molecule has 3 heteroatoms. The summed E-state index contributed by atoms with van der Waals surface area (Å²) < 4.78 is 5.29. The molecule has 0 aliphatic heterocycles. The van der Waals surface area contributed by atoms with Crippen LogP contribution in [0.25, 0.3) is 0 Å². The second kappa shape index (κ2) is 6.44. The van der Waals surface area contributed by atoms with E-state index < -0.39 is 0 Å². The number of hydrogen-bond donors (Lipinski definition) is 0. The van der Waals surface area contributed by atoms with Crippen LogP contribution in [0.1, 0.15) is 25.8 Å². The Hall–Kier alpha value is -0.730. The van der Waals surface area contributed by atoms with Crippen LogP contribution in [0.15, 0.2) is 24.3 Å². The van der Waals surface area contributed by atoms with Crippen LogP contribution in [0.3, 0.4) is 0 Å². The Kier molecular flexibility index (Phi) is 5.48. The zero-order valence-corrected chi connectivity index (χ0v) is 12.8. The van der Waals surface area contributed by atoms with Gasteiger partial charge >= 0.3 is 0 Å². The van der Waals surface area contributed by atoms with E-state index in [0.717, 1.165) is 24.3 Å². The maximum absolute atomic E-state index is 6.89. The molecule has 2 atom stereocenters. The minimum absolute atomic E-state index is 0.335. The highest BCUT2D eigenvalue weighted by Gasteiger charge is 2.34. The van der Waals surface area contributed by atoms with E-state index in [0.29, 0.717) is 5.92 Å². The van der Waals surface area contributed by atoms with Gasteiger partial charge in [0.1, 0.15) is 5.75 Å². The molecule has 0 aliphatic rings. The van der Waals surface area contributed by atoms with Crippen molar-refractivity contribution in [2.24, 2.45) is 5.92 Å². The van der Waals surface area contributed by atoms with Gasteiger partial charge in [-0.2, -0.15) is 0 Å². The second-order valence-corrected chi connectivity index (χ2v) is 5.79. The highest BCUT2D eigenvalue weighted by molar-refractivity contribution is 6.24. The lowest BCUT2D eigenvalue weighted by molar-refractivity contribution is 0.278. The Morgan fingerprint density at radius 2 is 2.06 bits per heavy atom. The Morgan fingerprint density at radius 3 is 2.56 bits per heavy atom. The molecule has 0 spiro atoms. The number of benzene rings is 1. The largest absolute Gasteiger partial charge is 0.497 e. The number of nitrogens with zero attached hydrogens (tertiary/aromatic N) is 1. The molecule has 0 fully saturated rings. The standard InChI is InChI=1S/C15H24ClNO/c1-6-15(16,12(2)11-17(3)4)13-8-7-9-14(10-13)18-5/h7-10,12H,6,11H2,1-5H3/t12?,15-/m1/s1. The summed E-state index contributed by atoms with van der Waals surface area (Å²) in [5, 5.41) is 0. The van der Waals surface area contributed by atoms with Gasteiger partial charge < -0.3 is 9.64 Å². The van der Waals surface area contributed by atoms with Crippen molar-refractivity contribution in [3.63, 3.8) is 0 Å². The Labute approximate surface area is 116 Å². The molecule has 0 aromatic heterocycles. The molecule has 0 bridgehead atoms. The van der Waals surface area contributed by atoms with Crippen LogP contribution in [-0.2, 0) is 4.87 Å². The van der Waals surface area contributed by atoms with Gasteiger partial charge in [-0.1, -0.05) is 26.0 Å². The predicted molar refractivity (Wildman–Crippen MR) is 78.5 cm³/mol. The summed E-state index contributed by atoms with van der Waals surface area (Å²) in [6.07, 6.45) is 0.900. The summed E-state index contributed by atoms with van der Waals surface area (Å²) in [4.78, 5) is 1.84. The van der Waals surface area contributed by atoms with E-state index in [1.165, 1.54) is 0 Å². The number of ether oxygens (including phenoxy) is 1. The van der Waals surface area contributed by atoms with Gasteiger partial charge in [0.2, 0.25) is 0 Å². The molecule has 1 rings (SSSR count). The lowest BCUT2D eigenvalue weighted by atomic mass is 9.83. The summed E-state index contributed by atoms with van der Waals surface area (Å²) in [5.41, 5.74) is 1.14. The summed E-state index contributed by atoms with van der Waals surface area (Å²) in [6, 6.07) is 8.09. The first-order chi connectivity index (χ1) is 8.43. The first-order valence-corrected chi connectivity index (χ1v) is 6.80. The van der Waals surface area contributed by atoms with Crippen LogP contribution >= 0.6 is 11.6 Å². The molecule has 0 saturated heterocycles.